The first-order valence-corrected chi connectivity index (χ1v) is 4.07. The van der Waals surface area contributed by atoms with Crippen molar-refractivity contribution in [2.75, 3.05) is 0 Å². The second-order valence-corrected chi connectivity index (χ2v) is 3.32. The SMILES string of the molecule is Fc1cc(Br)cc2c1CC=N2. The minimum absolute atomic E-state index is 0.174. The van der Waals surface area contributed by atoms with Gasteiger partial charge in [0.15, 0.2) is 0 Å². The Morgan fingerprint density at radius 1 is 1.45 bits per heavy atom. The molecule has 11 heavy (non-hydrogen) atoms. The van der Waals surface area contributed by atoms with E-state index in [1.807, 2.05) is 6.07 Å². The first kappa shape index (κ1) is 6.98. The maximum atomic E-state index is 13.0. The molecule has 0 spiro atoms. The molecule has 0 atom stereocenters. The van der Waals surface area contributed by atoms with E-state index in [1.54, 1.807) is 6.21 Å². The number of rotatable bonds is 0. The lowest BCUT2D eigenvalue weighted by atomic mass is 10.1. The molecule has 3 heteroatoms. The zero-order chi connectivity index (χ0) is 7.84. The highest BCUT2D eigenvalue weighted by atomic mass is 79.9. The van der Waals surface area contributed by atoms with Gasteiger partial charge in [0, 0.05) is 22.7 Å². The molecule has 0 aromatic heterocycles. The second kappa shape index (κ2) is 2.41. The lowest BCUT2D eigenvalue weighted by molar-refractivity contribution is 0.617. The van der Waals surface area contributed by atoms with Crippen LogP contribution in [0.2, 0.25) is 0 Å². The number of halogens is 2. The summed E-state index contributed by atoms with van der Waals surface area (Å²) < 4.78 is 13.8. The number of aliphatic imine (C=N–C) groups is 1. The van der Waals surface area contributed by atoms with Crippen molar-refractivity contribution in [3.05, 3.63) is 28.0 Å². The van der Waals surface area contributed by atoms with Crippen LogP contribution >= 0.6 is 15.9 Å². The zero-order valence-corrected chi connectivity index (χ0v) is 7.23. The third-order valence-corrected chi connectivity index (χ3v) is 2.12. The van der Waals surface area contributed by atoms with Gasteiger partial charge in [-0.3, -0.25) is 4.99 Å². The number of hydrogen-bond donors (Lipinski definition) is 0. The Labute approximate surface area is 72.1 Å². The number of fused-ring (bicyclic) bond motifs is 1. The van der Waals surface area contributed by atoms with Crippen LogP contribution in [-0.2, 0) is 6.42 Å². The molecule has 1 aliphatic rings. The maximum absolute atomic E-state index is 13.0. The van der Waals surface area contributed by atoms with Gasteiger partial charge in [-0.25, -0.2) is 4.39 Å². The molecule has 0 radical (unpaired) electrons. The van der Waals surface area contributed by atoms with Crippen molar-refractivity contribution in [2.24, 2.45) is 4.99 Å². The van der Waals surface area contributed by atoms with E-state index in [4.69, 9.17) is 0 Å². The number of hydrogen-bond acceptors (Lipinski definition) is 1. The molecule has 1 nitrogen and oxygen atoms in total. The molecule has 0 aliphatic carbocycles. The molecule has 2 rings (SSSR count). The quantitative estimate of drug-likeness (QED) is 0.629. The van der Waals surface area contributed by atoms with E-state index in [0.29, 0.717) is 12.0 Å². The first-order valence-electron chi connectivity index (χ1n) is 3.28. The third kappa shape index (κ3) is 1.09. The molecule has 0 bridgehead atoms. The zero-order valence-electron chi connectivity index (χ0n) is 5.64. The van der Waals surface area contributed by atoms with Crippen LogP contribution in [0.5, 0.6) is 0 Å². The summed E-state index contributed by atoms with van der Waals surface area (Å²) in [6.45, 7) is 0. The smallest absolute Gasteiger partial charge is 0.130 e. The average Bonchev–Trinajstić information content (AvgIpc) is 2.34. The molecule has 1 aromatic carbocycles. The second-order valence-electron chi connectivity index (χ2n) is 2.40. The minimum Gasteiger partial charge on any atom is -0.260 e. The molecule has 1 heterocycles. The molecule has 1 aromatic rings. The Morgan fingerprint density at radius 2 is 2.27 bits per heavy atom. The molecule has 0 N–H and O–H groups in total. The number of nitrogens with zero attached hydrogens (tertiary/aromatic N) is 1. The van der Waals surface area contributed by atoms with Crippen molar-refractivity contribution in [3.63, 3.8) is 0 Å². The van der Waals surface area contributed by atoms with Crippen LogP contribution < -0.4 is 0 Å². The molecule has 1 aliphatic heterocycles. The van der Waals surface area contributed by atoms with Crippen molar-refractivity contribution in [1.29, 1.82) is 0 Å². The largest absolute Gasteiger partial charge is 0.260 e. The van der Waals surface area contributed by atoms with E-state index in [2.05, 4.69) is 20.9 Å². The standard InChI is InChI=1S/C8H5BrFN/c9-5-3-7(10)6-1-2-11-8(6)4-5/h2-4H,1H2. The fourth-order valence-electron chi connectivity index (χ4n) is 1.14. The highest BCUT2D eigenvalue weighted by molar-refractivity contribution is 9.10. The Kier molecular flexibility index (Phi) is 1.53. The molecule has 0 unspecified atom stereocenters. The summed E-state index contributed by atoms with van der Waals surface area (Å²) in [6.07, 6.45) is 2.34. The summed E-state index contributed by atoms with van der Waals surface area (Å²) in [7, 11) is 0. The lowest BCUT2D eigenvalue weighted by Crippen LogP contribution is -1.85. The summed E-state index contributed by atoms with van der Waals surface area (Å²) in [6, 6.07) is 3.29. The van der Waals surface area contributed by atoms with Crippen molar-refractivity contribution in [3.8, 4) is 0 Å². The average molecular weight is 214 g/mol. The monoisotopic (exact) mass is 213 g/mol. The summed E-state index contributed by atoms with van der Waals surface area (Å²) in [5, 5.41) is 0. The van der Waals surface area contributed by atoms with Crippen molar-refractivity contribution in [1.82, 2.24) is 0 Å². The summed E-state index contributed by atoms with van der Waals surface area (Å²) in [5.41, 5.74) is 1.45. The van der Waals surface area contributed by atoms with Crippen LogP contribution in [0.25, 0.3) is 0 Å². The molecule has 0 fully saturated rings. The molecular formula is C8H5BrFN. The van der Waals surface area contributed by atoms with Crippen molar-refractivity contribution < 1.29 is 4.39 Å². The summed E-state index contributed by atoms with van der Waals surface area (Å²) in [5.74, 6) is -0.174. The van der Waals surface area contributed by atoms with E-state index < -0.39 is 0 Å². The van der Waals surface area contributed by atoms with Gasteiger partial charge in [0.2, 0.25) is 0 Å². The van der Waals surface area contributed by atoms with Gasteiger partial charge in [-0.1, -0.05) is 15.9 Å². The van der Waals surface area contributed by atoms with Gasteiger partial charge in [0.05, 0.1) is 5.69 Å². The minimum atomic E-state index is -0.174. The molecule has 0 saturated carbocycles. The van der Waals surface area contributed by atoms with E-state index >= 15 is 0 Å². The molecule has 0 amide bonds. The van der Waals surface area contributed by atoms with E-state index in [9.17, 15) is 4.39 Å². The fourth-order valence-corrected chi connectivity index (χ4v) is 1.56. The predicted octanol–water partition coefficient (Wildman–Crippen LogP) is 2.85. The molecule has 56 valence electrons. The highest BCUT2D eigenvalue weighted by Gasteiger charge is 2.11. The molecule has 0 saturated heterocycles. The van der Waals surface area contributed by atoms with Crippen LogP contribution in [0.4, 0.5) is 10.1 Å². The summed E-state index contributed by atoms with van der Waals surface area (Å²) >= 11 is 3.20. The molecular weight excluding hydrogens is 209 g/mol. The van der Waals surface area contributed by atoms with Crippen LogP contribution in [0.1, 0.15) is 5.56 Å². The van der Waals surface area contributed by atoms with E-state index in [-0.39, 0.29) is 5.82 Å². The van der Waals surface area contributed by atoms with Crippen LogP contribution in [0, 0.1) is 5.82 Å². The Morgan fingerprint density at radius 3 is 3.09 bits per heavy atom. The van der Waals surface area contributed by atoms with Gasteiger partial charge in [-0.15, -0.1) is 0 Å². The van der Waals surface area contributed by atoms with Gasteiger partial charge >= 0.3 is 0 Å². The Hall–Kier alpha value is -0.700. The van der Waals surface area contributed by atoms with Gasteiger partial charge in [-0.05, 0) is 12.1 Å². The van der Waals surface area contributed by atoms with Crippen LogP contribution in [0.3, 0.4) is 0 Å². The number of benzene rings is 1. The normalized spacial score (nSPS) is 13.6. The van der Waals surface area contributed by atoms with Gasteiger partial charge < -0.3 is 0 Å². The van der Waals surface area contributed by atoms with E-state index in [1.165, 1.54) is 6.07 Å². The Balaban J connectivity index is 2.66. The predicted molar refractivity (Wildman–Crippen MR) is 46.0 cm³/mol. The van der Waals surface area contributed by atoms with E-state index in [0.717, 1.165) is 10.2 Å². The lowest BCUT2D eigenvalue weighted by Gasteiger charge is -1.98. The first-order chi connectivity index (χ1) is 5.27. The third-order valence-electron chi connectivity index (χ3n) is 1.66. The van der Waals surface area contributed by atoms with Gasteiger partial charge in [0.25, 0.3) is 0 Å². The maximum Gasteiger partial charge on any atom is 0.130 e. The summed E-state index contributed by atoms with van der Waals surface area (Å²) in [4.78, 5) is 4.03. The van der Waals surface area contributed by atoms with Gasteiger partial charge in [-0.2, -0.15) is 0 Å². The van der Waals surface area contributed by atoms with Gasteiger partial charge in [0.1, 0.15) is 5.82 Å². The van der Waals surface area contributed by atoms with Crippen LogP contribution in [-0.4, -0.2) is 6.21 Å². The van der Waals surface area contributed by atoms with Crippen molar-refractivity contribution in [2.45, 2.75) is 6.42 Å². The highest BCUT2D eigenvalue weighted by Crippen LogP contribution is 2.30. The topological polar surface area (TPSA) is 12.4 Å². The fraction of sp³-hybridized carbons (Fsp3) is 0.125. The van der Waals surface area contributed by atoms with Crippen LogP contribution in [0.15, 0.2) is 21.6 Å². The van der Waals surface area contributed by atoms with Crippen molar-refractivity contribution >= 4 is 27.8 Å². The Bertz CT molecular complexity index is 333.